The van der Waals surface area contributed by atoms with Gasteiger partial charge in [-0.05, 0) is 25.5 Å². The fourth-order valence-corrected chi connectivity index (χ4v) is 1.90. The Morgan fingerprint density at radius 1 is 1.33 bits per heavy atom. The lowest BCUT2D eigenvalue weighted by molar-refractivity contribution is 0.412. The monoisotopic (exact) mass is 202 g/mol. The van der Waals surface area contributed by atoms with Gasteiger partial charge in [0.2, 0.25) is 0 Å². The average Bonchev–Trinajstić information content (AvgIpc) is 2.23. The van der Waals surface area contributed by atoms with Gasteiger partial charge < -0.3 is 10.5 Å². The predicted molar refractivity (Wildman–Crippen MR) is 62.2 cm³/mol. The van der Waals surface area contributed by atoms with Crippen molar-refractivity contribution >= 4 is 16.6 Å². The van der Waals surface area contributed by atoms with Crippen LogP contribution in [-0.2, 0) is 0 Å². The molecule has 78 valence electrons. The third-order valence-electron chi connectivity index (χ3n) is 2.68. The van der Waals surface area contributed by atoms with E-state index in [2.05, 4.69) is 11.9 Å². The molecule has 2 rings (SSSR count). The maximum atomic E-state index is 5.93. The number of nitrogens with zero attached hydrogens (tertiary/aromatic N) is 1. The van der Waals surface area contributed by atoms with Crippen LogP contribution in [0.15, 0.2) is 18.3 Å². The number of pyridine rings is 1. The number of aromatic nitrogens is 1. The van der Waals surface area contributed by atoms with Gasteiger partial charge in [-0.2, -0.15) is 0 Å². The molecule has 3 heteroatoms. The van der Waals surface area contributed by atoms with E-state index in [4.69, 9.17) is 10.5 Å². The molecular formula is C12H14N2O. The first-order valence-electron chi connectivity index (χ1n) is 4.83. The number of methoxy groups -OCH3 is 1. The Kier molecular flexibility index (Phi) is 2.23. The number of anilines is 1. The minimum atomic E-state index is 0.663. The minimum Gasteiger partial charge on any atom is -0.496 e. The van der Waals surface area contributed by atoms with E-state index in [9.17, 15) is 0 Å². The van der Waals surface area contributed by atoms with Crippen molar-refractivity contribution in [2.75, 3.05) is 12.8 Å². The zero-order valence-corrected chi connectivity index (χ0v) is 9.16. The van der Waals surface area contributed by atoms with Gasteiger partial charge in [-0.15, -0.1) is 0 Å². The molecule has 2 aromatic rings. The van der Waals surface area contributed by atoms with Gasteiger partial charge in [0, 0.05) is 23.2 Å². The third kappa shape index (κ3) is 1.40. The van der Waals surface area contributed by atoms with Crippen molar-refractivity contribution in [3.63, 3.8) is 0 Å². The van der Waals surface area contributed by atoms with Crippen LogP contribution in [0.25, 0.3) is 10.9 Å². The minimum absolute atomic E-state index is 0.663. The Bertz CT molecular complexity index is 521. The number of aryl methyl sites for hydroxylation is 2. The number of hydrogen-bond donors (Lipinski definition) is 1. The summed E-state index contributed by atoms with van der Waals surface area (Å²) < 4.78 is 5.28. The SMILES string of the molecule is COc1cc(N)c2nccc(C)c2c1C. The lowest BCUT2D eigenvalue weighted by atomic mass is 10.0. The first-order chi connectivity index (χ1) is 7.15. The van der Waals surface area contributed by atoms with Gasteiger partial charge in [0.05, 0.1) is 18.3 Å². The molecule has 0 spiro atoms. The molecule has 0 bridgehead atoms. The summed E-state index contributed by atoms with van der Waals surface area (Å²) in [5, 5.41) is 1.09. The Morgan fingerprint density at radius 2 is 2.07 bits per heavy atom. The van der Waals surface area contributed by atoms with Crippen molar-refractivity contribution in [1.82, 2.24) is 4.98 Å². The van der Waals surface area contributed by atoms with Crippen LogP contribution in [0.5, 0.6) is 5.75 Å². The molecule has 0 aliphatic carbocycles. The highest BCUT2D eigenvalue weighted by atomic mass is 16.5. The predicted octanol–water partition coefficient (Wildman–Crippen LogP) is 2.44. The topological polar surface area (TPSA) is 48.1 Å². The Balaban J connectivity index is 2.95. The molecule has 0 aliphatic rings. The molecule has 3 nitrogen and oxygen atoms in total. The van der Waals surface area contributed by atoms with Crippen LogP contribution >= 0.6 is 0 Å². The Morgan fingerprint density at radius 3 is 2.73 bits per heavy atom. The average molecular weight is 202 g/mol. The van der Waals surface area contributed by atoms with Crippen LogP contribution in [-0.4, -0.2) is 12.1 Å². The van der Waals surface area contributed by atoms with Crippen molar-refractivity contribution in [3.05, 3.63) is 29.5 Å². The molecule has 1 heterocycles. The van der Waals surface area contributed by atoms with Crippen LogP contribution < -0.4 is 10.5 Å². The van der Waals surface area contributed by atoms with Gasteiger partial charge in [0.1, 0.15) is 5.75 Å². The maximum absolute atomic E-state index is 5.93. The molecular weight excluding hydrogens is 188 g/mol. The fraction of sp³-hybridized carbons (Fsp3) is 0.250. The molecule has 0 aliphatic heterocycles. The smallest absolute Gasteiger partial charge is 0.124 e. The number of benzene rings is 1. The quantitative estimate of drug-likeness (QED) is 0.722. The van der Waals surface area contributed by atoms with Gasteiger partial charge in [-0.25, -0.2) is 0 Å². The van der Waals surface area contributed by atoms with Crippen LogP contribution in [0.1, 0.15) is 11.1 Å². The summed E-state index contributed by atoms with van der Waals surface area (Å²) in [6, 6.07) is 3.80. The number of ether oxygens (including phenoxy) is 1. The number of nitrogens with two attached hydrogens (primary N) is 1. The first kappa shape index (κ1) is 9.77. The molecule has 0 fully saturated rings. The summed E-state index contributed by atoms with van der Waals surface area (Å²) in [6.45, 7) is 4.07. The number of fused-ring (bicyclic) bond motifs is 1. The van der Waals surface area contributed by atoms with E-state index in [1.807, 2.05) is 19.1 Å². The highest BCUT2D eigenvalue weighted by Gasteiger charge is 2.10. The molecule has 0 saturated heterocycles. The Labute approximate surface area is 88.9 Å². The van der Waals surface area contributed by atoms with Gasteiger partial charge in [0.15, 0.2) is 0 Å². The van der Waals surface area contributed by atoms with Crippen molar-refractivity contribution < 1.29 is 4.74 Å². The number of nitrogen functional groups attached to an aromatic ring is 1. The van der Waals surface area contributed by atoms with Gasteiger partial charge >= 0.3 is 0 Å². The summed E-state index contributed by atoms with van der Waals surface area (Å²) in [6.07, 6.45) is 1.78. The third-order valence-corrected chi connectivity index (χ3v) is 2.68. The lowest BCUT2D eigenvalue weighted by Crippen LogP contribution is -1.96. The van der Waals surface area contributed by atoms with E-state index in [0.717, 1.165) is 22.2 Å². The van der Waals surface area contributed by atoms with Crippen LogP contribution in [0.4, 0.5) is 5.69 Å². The van der Waals surface area contributed by atoms with Gasteiger partial charge in [-0.1, -0.05) is 0 Å². The van der Waals surface area contributed by atoms with E-state index < -0.39 is 0 Å². The zero-order chi connectivity index (χ0) is 11.0. The highest BCUT2D eigenvalue weighted by molar-refractivity contribution is 5.95. The second-order valence-electron chi connectivity index (χ2n) is 3.64. The van der Waals surface area contributed by atoms with E-state index in [0.29, 0.717) is 5.69 Å². The molecule has 0 saturated carbocycles. The molecule has 15 heavy (non-hydrogen) atoms. The fourth-order valence-electron chi connectivity index (χ4n) is 1.90. The molecule has 1 aromatic carbocycles. The second-order valence-corrected chi connectivity index (χ2v) is 3.64. The standard InChI is InChI=1S/C12H14N2O/c1-7-4-5-14-12-9(13)6-10(15-3)8(2)11(7)12/h4-6H,13H2,1-3H3. The van der Waals surface area contributed by atoms with Crippen molar-refractivity contribution in [1.29, 1.82) is 0 Å². The largest absolute Gasteiger partial charge is 0.496 e. The molecule has 0 atom stereocenters. The highest BCUT2D eigenvalue weighted by Crippen LogP contribution is 2.32. The van der Waals surface area contributed by atoms with E-state index in [-0.39, 0.29) is 0 Å². The van der Waals surface area contributed by atoms with Gasteiger partial charge in [-0.3, -0.25) is 4.98 Å². The normalized spacial score (nSPS) is 10.6. The second kappa shape index (κ2) is 3.42. The molecule has 1 aromatic heterocycles. The molecule has 0 radical (unpaired) electrons. The molecule has 0 amide bonds. The van der Waals surface area contributed by atoms with Crippen LogP contribution in [0.3, 0.4) is 0 Å². The number of hydrogen-bond acceptors (Lipinski definition) is 3. The van der Waals surface area contributed by atoms with Crippen molar-refractivity contribution in [3.8, 4) is 5.75 Å². The van der Waals surface area contributed by atoms with E-state index in [1.165, 1.54) is 5.56 Å². The lowest BCUT2D eigenvalue weighted by Gasteiger charge is -2.11. The summed E-state index contributed by atoms with van der Waals surface area (Å²) in [4.78, 5) is 4.30. The van der Waals surface area contributed by atoms with Crippen LogP contribution in [0, 0.1) is 13.8 Å². The summed E-state index contributed by atoms with van der Waals surface area (Å²) >= 11 is 0. The first-order valence-corrected chi connectivity index (χ1v) is 4.83. The van der Waals surface area contributed by atoms with Crippen molar-refractivity contribution in [2.24, 2.45) is 0 Å². The van der Waals surface area contributed by atoms with Crippen molar-refractivity contribution in [2.45, 2.75) is 13.8 Å². The number of rotatable bonds is 1. The maximum Gasteiger partial charge on any atom is 0.124 e. The van der Waals surface area contributed by atoms with E-state index in [1.54, 1.807) is 13.3 Å². The summed E-state index contributed by atoms with van der Waals surface area (Å²) in [5.74, 6) is 0.816. The summed E-state index contributed by atoms with van der Waals surface area (Å²) in [7, 11) is 1.65. The summed E-state index contributed by atoms with van der Waals surface area (Å²) in [5.41, 5.74) is 9.71. The Hall–Kier alpha value is -1.77. The zero-order valence-electron chi connectivity index (χ0n) is 9.16. The van der Waals surface area contributed by atoms with Gasteiger partial charge in [0.25, 0.3) is 0 Å². The van der Waals surface area contributed by atoms with E-state index >= 15 is 0 Å². The molecule has 0 unspecified atom stereocenters. The molecule has 2 N–H and O–H groups in total. The van der Waals surface area contributed by atoms with Crippen LogP contribution in [0.2, 0.25) is 0 Å².